The van der Waals surface area contributed by atoms with Gasteiger partial charge in [-0.3, -0.25) is 5.10 Å². The van der Waals surface area contributed by atoms with Crippen molar-refractivity contribution in [3.8, 4) is 0 Å². The van der Waals surface area contributed by atoms with E-state index in [1.165, 1.54) is 36.9 Å². The highest BCUT2D eigenvalue weighted by molar-refractivity contribution is 7.98. The Morgan fingerprint density at radius 3 is 2.33 bits per heavy atom. The minimum atomic E-state index is -0.329. The standard InChI is InChI=1S/C26H35FN6OS.C4H10/c1-9-16(3)24(19(10-2)15-28)25(34-7)26(30-23-13-17(4)31-32-23)29-18(5)33(6)22-12-11-20(35-8)14-21(22)27;1-3-4-2/h10-15,28H,9H2,1-8H3,(H2,30,31,32);3-4H2,1-2H3/b19-10+,24-16+,26-25-,28-15?,29-18+;. The monoisotopic (exact) mass is 556 g/mol. The second-order valence-electron chi connectivity index (χ2n) is 8.88. The van der Waals surface area contributed by atoms with E-state index in [-0.39, 0.29) is 5.82 Å². The van der Waals surface area contributed by atoms with Gasteiger partial charge in [-0.25, -0.2) is 9.38 Å². The van der Waals surface area contributed by atoms with Gasteiger partial charge in [-0.15, -0.1) is 11.8 Å². The number of aryl methyl sites for hydroxylation is 1. The minimum Gasteiger partial charge on any atom is -0.492 e. The number of amidine groups is 1. The molecule has 214 valence electrons. The number of nitrogens with zero attached hydrogens (tertiary/aromatic N) is 3. The first-order valence-electron chi connectivity index (χ1n) is 13.2. The number of H-pyrrole nitrogens is 1. The van der Waals surface area contributed by atoms with Crippen LogP contribution < -0.4 is 10.2 Å². The minimum absolute atomic E-state index is 0.329. The predicted octanol–water partition coefficient (Wildman–Crippen LogP) is 8.49. The van der Waals surface area contributed by atoms with Crippen molar-refractivity contribution < 1.29 is 9.13 Å². The van der Waals surface area contributed by atoms with Crippen LogP contribution in [0.2, 0.25) is 0 Å². The summed E-state index contributed by atoms with van der Waals surface area (Å²) >= 11 is 1.49. The van der Waals surface area contributed by atoms with Gasteiger partial charge in [-0.1, -0.05) is 45.3 Å². The van der Waals surface area contributed by atoms with E-state index in [0.29, 0.717) is 34.5 Å². The molecule has 0 bridgehead atoms. The molecule has 0 aliphatic rings. The van der Waals surface area contributed by atoms with Crippen LogP contribution in [0.3, 0.4) is 0 Å². The van der Waals surface area contributed by atoms with Crippen LogP contribution in [0.4, 0.5) is 15.9 Å². The van der Waals surface area contributed by atoms with Crippen molar-refractivity contribution in [3.63, 3.8) is 0 Å². The highest BCUT2D eigenvalue weighted by atomic mass is 32.2. The third-order valence-electron chi connectivity index (χ3n) is 6.09. The Morgan fingerprint density at radius 1 is 1.23 bits per heavy atom. The van der Waals surface area contributed by atoms with Crippen LogP contribution >= 0.6 is 11.8 Å². The summed E-state index contributed by atoms with van der Waals surface area (Å²) in [5.41, 5.74) is 3.81. The molecule has 2 rings (SSSR count). The quantitative estimate of drug-likeness (QED) is 0.0849. The lowest BCUT2D eigenvalue weighted by molar-refractivity contribution is 0.297. The first kappa shape index (κ1) is 33.7. The Hall–Kier alpha value is -3.33. The lowest BCUT2D eigenvalue weighted by Crippen LogP contribution is -2.25. The fourth-order valence-corrected chi connectivity index (χ4v) is 3.83. The van der Waals surface area contributed by atoms with Gasteiger partial charge >= 0.3 is 0 Å². The fourth-order valence-electron chi connectivity index (χ4n) is 3.40. The van der Waals surface area contributed by atoms with Crippen molar-refractivity contribution in [1.82, 2.24) is 10.2 Å². The molecule has 0 aliphatic heterocycles. The van der Waals surface area contributed by atoms with Gasteiger partial charge in [-0.05, 0) is 64.1 Å². The molecule has 0 unspecified atom stereocenters. The second-order valence-corrected chi connectivity index (χ2v) is 9.76. The molecule has 0 aliphatic carbocycles. The number of nitrogens with one attached hydrogen (secondary N) is 3. The number of rotatable bonds is 11. The molecule has 0 saturated heterocycles. The number of ether oxygens (including phenoxy) is 1. The maximum absolute atomic E-state index is 14.8. The number of aliphatic imine (C=N–C) groups is 1. The van der Waals surface area contributed by atoms with Gasteiger partial charge in [0.05, 0.1) is 12.8 Å². The van der Waals surface area contributed by atoms with Crippen molar-refractivity contribution in [2.75, 3.05) is 30.6 Å². The molecule has 0 saturated carbocycles. The van der Waals surface area contributed by atoms with E-state index in [2.05, 4.69) is 29.4 Å². The molecule has 1 aromatic carbocycles. The molecule has 9 heteroatoms. The molecule has 0 fully saturated rings. The van der Waals surface area contributed by atoms with E-state index in [1.54, 1.807) is 32.0 Å². The molecule has 0 spiro atoms. The average Bonchev–Trinajstić information content (AvgIpc) is 3.36. The largest absolute Gasteiger partial charge is 0.492 e. The summed E-state index contributed by atoms with van der Waals surface area (Å²) in [5, 5.41) is 18.4. The number of allylic oxidation sites excluding steroid dienone is 3. The molecular weight excluding hydrogens is 511 g/mol. The van der Waals surface area contributed by atoms with Crippen LogP contribution in [0.5, 0.6) is 0 Å². The molecule has 39 heavy (non-hydrogen) atoms. The molecule has 1 heterocycles. The van der Waals surface area contributed by atoms with Crippen molar-refractivity contribution in [2.24, 2.45) is 4.99 Å². The summed E-state index contributed by atoms with van der Waals surface area (Å²) in [4.78, 5) is 7.36. The first-order valence-corrected chi connectivity index (χ1v) is 14.4. The molecule has 0 atom stereocenters. The van der Waals surface area contributed by atoms with Crippen LogP contribution in [-0.2, 0) is 4.74 Å². The molecular formula is C30H45FN6OS. The van der Waals surface area contributed by atoms with E-state index in [4.69, 9.17) is 15.1 Å². The molecule has 0 amide bonds. The third-order valence-corrected chi connectivity index (χ3v) is 6.81. The number of unbranched alkanes of at least 4 members (excludes halogenated alkanes) is 1. The predicted molar refractivity (Wildman–Crippen MR) is 167 cm³/mol. The van der Waals surface area contributed by atoms with Crippen molar-refractivity contribution in [3.05, 3.63) is 70.2 Å². The Kier molecular flexibility index (Phi) is 14.9. The van der Waals surface area contributed by atoms with Crippen molar-refractivity contribution in [2.45, 2.75) is 72.6 Å². The van der Waals surface area contributed by atoms with Crippen molar-refractivity contribution in [1.29, 1.82) is 5.41 Å². The van der Waals surface area contributed by atoms with Gasteiger partial charge in [-0.2, -0.15) is 5.10 Å². The second kappa shape index (κ2) is 17.3. The zero-order valence-electron chi connectivity index (χ0n) is 25.1. The number of methoxy groups -OCH3 is 1. The van der Waals surface area contributed by atoms with E-state index in [1.807, 2.05) is 52.2 Å². The maximum Gasteiger partial charge on any atom is 0.176 e. The average molecular weight is 557 g/mol. The van der Waals surface area contributed by atoms with Crippen LogP contribution in [0, 0.1) is 18.2 Å². The summed E-state index contributed by atoms with van der Waals surface area (Å²) in [7, 11) is 3.34. The summed E-state index contributed by atoms with van der Waals surface area (Å²) < 4.78 is 20.7. The van der Waals surface area contributed by atoms with Gasteiger partial charge in [0.1, 0.15) is 11.7 Å². The van der Waals surface area contributed by atoms with E-state index in [0.717, 1.165) is 28.2 Å². The third kappa shape index (κ3) is 9.73. The van der Waals surface area contributed by atoms with Crippen LogP contribution in [0.15, 0.2) is 68.5 Å². The van der Waals surface area contributed by atoms with Gasteiger partial charge in [0.15, 0.2) is 17.4 Å². The highest BCUT2D eigenvalue weighted by Crippen LogP contribution is 2.29. The molecule has 0 radical (unpaired) electrons. The van der Waals surface area contributed by atoms with Gasteiger partial charge in [0, 0.05) is 35.5 Å². The van der Waals surface area contributed by atoms with Crippen LogP contribution in [0.1, 0.15) is 66.5 Å². The number of thioether (sulfide) groups is 1. The zero-order valence-corrected chi connectivity index (χ0v) is 25.9. The Labute approximate surface area is 238 Å². The number of anilines is 2. The number of aromatic amines is 1. The number of halogens is 1. The molecule has 3 N–H and O–H groups in total. The van der Waals surface area contributed by atoms with E-state index < -0.39 is 0 Å². The topological polar surface area (TPSA) is 89.4 Å². The summed E-state index contributed by atoms with van der Waals surface area (Å²) in [6.45, 7) is 14.0. The number of benzene rings is 1. The van der Waals surface area contributed by atoms with Gasteiger partial charge < -0.3 is 20.4 Å². The summed E-state index contributed by atoms with van der Waals surface area (Å²) in [6, 6.07) is 6.99. The number of aromatic nitrogens is 2. The SMILES string of the molecule is C/C=C(C=N)/C(=C(/C)CC)C(/OC)=C(\N=C(/C)N(C)c1ccc(SC)cc1F)Nc1cc(C)[nH]n1.CCCC. The number of hydrogen-bond donors (Lipinski definition) is 3. The summed E-state index contributed by atoms with van der Waals surface area (Å²) in [5.74, 6) is 1.63. The van der Waals surface area contributed by atoms with Crippen molar-refractivity contribution >= 4 is 35.3 Å². The van der Waals surface area contributed by atoms with Gasteiger partial charge in [0.25, 0.3) is 0 Å². The van der Waals surface area contributed by atoms with E-state index >= 15 is 0 Å². The first-order chi connectivity index (χ1) is 18.6. The zero-order chi connectivity index (χ0) is 29.5. The van der Waals surface area contributed by atoms with Crippen LogP contribution in [-0.4, -0.2) is 42.7 Å². The Balaban J connectivity index is 0.00000177. The van der Waals surface area contributed by atoms with Crippen LogP contribution in [0.25, 0.3) is 0 Å². The lowest BCUT2D eigenvalue weighted by Gasteiger charge is -2.22. The Morgan fingerprint density at radius 2 is 1.90 bits per heavy atom. The number of hydrogen-bond acceptors (Lipinski definition) is 6. The highest BCUT2D eigenvalue weighted by Gasteiger charge is 2.20. The lowest BCUT2D eigenvalue weighted by atomic mass is 9.97. The smallest absolute Gasteiger partial charge is 0.176 e. The molecule has 7 nitrogen and oxygen atoms in total. The Bertz CT molecular complexity index is 1210. The molecule has 2 aromatic rings. The maximum atomic E-state index is 14.8. The summed E-state index contributed by atoms with van der Waals surface area (Å²) in [6.07, 6.45) is 8.47. The molecule has 1 aromatic heterocycles. The fraction of sp³-hybridized carbons (Fsp3) is 0.433. The normalized spacial score (nSPS) is 13.1. The van der Waals surface area contributed by atoms with E-state index in [9.17, 15) is 4.39 Å². The van der Waals surface area contributed by atoms with Gasteiger partial charge in [0.2, 0.25) is 0 Å².